The van der Waals surface area contributed by atoms with E-state index in [2.05, 4.69) is 25.2 Å². The van der Waals surface area contributed by atoms with Crippen LogP contribution in [0.3, 0.4) is 0 Å². The first-order valence-electron chi connectivity index (χ1n) is 8.25. The molecule has 0 aliphatic heterocycles. The van der Waals surface area contributed by atoms with Crippen molar-refractivity contribution in [3.63, 3.8) is 0 Å². The van der Waals surface area contributed by atoms with Gasteiger partial charge in [-0.05, 0) is 43.4 Å². The molecule has 1 atom stereocenters. The van der Waals surface area contributed by atoms with Crippen molar-refractivity contribution in [3.8, 4) is 11.8 Å². The highest BCUT2D eigenvalue weighted by molar-refractivity contribution is 5.98. The number of rotatable bonds is 8. The maximum absolute atomic E-state index is 12.6. The summed E-state index contributed by atoms with van der Waals surface area (Å²) >= 11 is 0. The predicted molar refractivity (Wildman–Crippen MR) is 95.0 cm³/mol. The normalized spacial score (nSPS) is 13.5. The summed E-state index contributed by atoms with van der Waals surface area (Å²) in [7, 11) is 1.52. The van der Waals surface area contributed by atoms with Crippen molar-refractivity contribution in [2.45, 2.75) is 46.6 Å². The molecule has 1 aromatic carbocycles. The van der Waals surface area contributed by atoms with Crippen LogP contribution in [-0.4, -0.2) is 25.2 Å². The topological polar surface area (TPSA) is 71.3 Å². The number of hydrogen-bond acceptors (Lipinski definition) is 4. The minimum atomic E-state index is -0.937. The first-order valence-corrected chi connectivity index (χ1v) is 8.25. The Bertz CT molecular complexity index is 605. The van der Waals surface area contributed by atoms with E-state index >= 15 is 0 Å². The number of benzene rings is 1. The quantitative estimate of drug-likeness (QED) is 0.781. The highest BCUT2D eigenvalue weighted by Gasteiger charge is 2.34. The van der Waals surface area contributed by atoms with Gasteiger partial charge in [-0.15, -0.1) is 0 Å². The van der Waals surface area contributed by atoms with Gasteiger partial charge in [0.25, 0.3) is 5.91 Å². The summed E-state index contributed by atoms with van der Waals surface area (Å²) in [5, 5.41) is 12.2. The molecule has 0 radical (unpaired) electrons. The molecule has 0 aliphatic carbocycles. The zero-order valence-corrected chi connectivity index (χ0v) is 15.5. The van der Waals surface area contributed by atoms with Gasteiger partial charge in [0.2, 0.25) is 0 Å². The number of nitrogens with zero attached hydrogens (tertiary/aromatic N) is 1. The SMILES string of the molecule is CO[C@@](C)(CC(C)C)C(=O)Nc1ccc(OCC(C)C)cc1C#N. The molecular weight excluding hydrogens is 304 g/mol. The zero-order chi connectivity index (χ0) is 18.3. The molecule has 0 saturated heterocycles. The third kappa shape index (κ3) is 5.54. The van der Waals surface area contributed by atoms with Crippen LogP contribution in [-0.2, 0) is 9.53 Å². The molecule has 0 aliphatic rings. The van der Waals surface area contributed by atoms with Crippen LogP contribution in [0.25, 0.3) is 0 Å². The Kier molecular flexibility index (Phi) is 7.24. The number of nitrogens with one attached hydrogen (secondary N) is 1. The Balaban J connectivity index is 2.94. The number of anilines is 1. The second-order valence-corrected chi connectivity index (χ2v) is 7.01. The van der Waals surface area contributed by atoms with E-state index < -0.39 is 5.60 Å². The fourth-order valence-electron chi connectivity index (χ4n) is 2.38. The number of amides is 1. The average Bonchev–Trinajstić information content (AvgIpc) is 2.52. The van der Waals surface area contributed by atoms with E-state index in [1.165, 1.54) is 7.11 Å². The van der Waals surface area contributed by atoms with Crippen molar-refractivity contribution >= 4 is 11.6 Å². The fraction of sp³-hybridized carbons (Fsp3) is 0.579. The number of ether oxygens (including phenoxy) is 2. The molecule has 1 rings (SSSR count). The highest BCUT2D eigenvalue weighted by Crippen LogP contribution is 2.26. The van der Waals surface area contributed by atoms with E-state index in [9.17, 15) is 10.1 Å². The van der Waals surface area contributed by atoms with E-state index in [0.717, 1.165) is 0 Å². The van der Waals surface area contributed by atoms with Crippen LogP contribution in [0.2, 0.25) is 0 Å². The van der Waals surface area contributed by atoms with Crippen molar-refractivity contribution in [2.75, 3.05) is 19.0 Å². The molecule has 24 heavy (non-hydrogen) atoms. The molecule has 1 N–H and O–H groups in total. The van der Waals surface area contributed by atoms with Crippen LogP contribution >= 0.6 is 0 Å². The molecule has 0 heterocycles. The lowest BCUT2D eigenvalue weighted by Gasteiger charge is -2.28. The molecule has 0 aromatic heterocycles. The lowest BCUT2D eigenvalue weighted by atomic mass is 9.93. The van der Waals surface area contributed by atoms with Crippen LogP contribution in [0, 0.1) is 23.2 Å². The van der Waals surface area contributed by atoms with Gasteiger partial charge < -0.3 is 14.8 Å². The summed E-state index contributed by atoms with van der Waals surface area (Å²) in [6.07, 6.45) is 0.590. The first kappa shape index (κ1) is 20.0. The Morgan fingerprint density at radius 2 is 1.96 bits per heavy atom. The van der Waals surface area contributed by atoms with Gasteiger partial charge >= 0.3 is 0 Å². The number of nitriles is 1. The van der Waals surface area contributed by atoms with Crippen LogP contribution in [0.15, 0.2) is 18.2 Å². The number of methoxy groups -OCH3 is 1. The molecule has 0 unspecified atom stereocenters. The summed E-state index contributed by atoms with van der Waals surface area (Å²) in [5.41, 5.74) is -0.104. The molecule has 132 valence electrons. The van der Waals surface area contributed by atoms with Gasteiger partial charge in [0.1, 0.15) is 17.4 Å². The van der Waals surface area contributed by atoms with E-state index in [1.54, 1.807) is 25.1 Å². The number of carbonyl (C=O) groups is 1. The second-order valence-electron chi connectivity index (χ2n) is 7.01. The average molecular weight is 332 g/mol. The van der Waals surface area contributed by atoms with E-state index in [4.69, 9.17) is 9.47 Å². The largest absolute Gasteiger partial charge is 0.493 e. The Hall–Kier alpha value is -2.06. The molecule has 1 aromatic rings. The molecule has 0 saturated carbocycles. The standard InChI is InChI=1S/C19H28N2O3/c1-13(2)10-19(5,23-6)18(22)21-17-8-7-16(9-15(17)11-20)24-12-14(3)4/h7-9,13-14H,10,12H2,1-6H3,(H,21,22)/t19-/m0/s1. The molecule has 0 fully saturated rings. The van der Waals surface area contributed by atoms with Gasteiger partial charge in [-0.3, -0.25) is 4.79 Å². The maximum Gasteiger partial charge on any atom is 0.256 e. The number of carbonyl (C=O) groups excluding carboxylic acids is 1. The summed E-state index contributed by atoms with van der Waals surface area (Å²) in [6.45, 7) is 10.5. The number of hydrogen-bond donors (Lipinski definition) is 1. The lowest BCUT2D eigenvalue weighted by molar-refractivity contribution is -0.137. The third-order valence-electron chi connectivity index (χ3n) is 3.67. The minimum absolute atomic E-state index is 0.258. The first-order chi connectivity index (χ1) is 11.2. The third-order valence-corrected chi connectivity index (χ3v) is 3.67. The van der Waals surface area contributed by atoms with Crippen LogP contribution < -0.4 is 10.1 Å². The lowest BCUT2D eigenvalue weighted by Crippen LogP contribution is -2.43. The Labute approximate surface area is 145 Å². The van der Waals surface area contributed by atoms with E-state index in [1.807, 2.05) is 13.8 Å². The van der Waals surface area contributed by atoms with Crippen LogP contribution in [0.5, 0.6) is 5.75 Å². The Morgan fingerprint density at radius 3 is 2.46 bits per heavy atom. The molecule has 5 nitrogen and oxygen atoms in total. The smallest absolute Gasteiger partial charge is 0.256 e. The monoisotopic (exact) mass is 332 g/mol. The molecule has 5 heteroatoms. The maximum atomic E-state index is 12.6. The van der Waals surface area contributed by atoms with Gasteiger partial charge in [0, 0.05) is 7.11 Å². The van der Waals surface area contributed by atoms with Crippen LogP contribution in [0.1, 0.15) is 46.6 Å². The van der Waals surface area contributed by atoms with Gasteiger partial charge in [0.05, 0.1) is 17.9 Å². The van der Waals surface area contributed by atoms with Crippen LogP contribution in [0.4, 0.5) is 5.69 Å². The van der Waals surface area contributed by atoms with Crippen molar-refractivity contribution < 1.29 is 14.3 Å². The van der Waals surface area contributed by atoms with Crippen molar-refractivity contribution in [1.29, 1.82) is 5.26 Å². The summed E-state index contributed by atoms with van der Waals surface area (Å²) in [5.74, 6) is 1.07. The van der Waals surface area contributed by atoms with E-state index in [0.29, 0.717) is 41.9 Å². The van der Waals surface area contributed by atoms with Gasteiger partial charge in [-0.1, -0.05) is 27.7 Å². The summed E-state index contributed by atoms with van der Waals surface area (Å²) < 4.78 is 11.0. The van der Waals surface area contributed by atoms with Crippen molar-refractivity contribution in [3.05, 3.63) is 23.8 Å². The minimum Gasteiger partial charge on any atom is -0.493 e. The van der Waals surface area contributed by atoms with E-state index in [-0.39, 0.29) is 5.91 Å². The highest BCUT2D eigenvalue weighted by atomic mass is 16.5. The van der Waals surface area contributed by atoms with Gasteiger partial charge in [0.15, 0.2) is 0 Å². The van der Waals surface area contributed by atoms with Crippen molar-refractivity contribution in [2.24, 2.45) is 11.8 Å². The molecule has 0 spiro atoms. The van der Waals surface area contributed by atoms with Crippen molar-refractivity contribution in [1.82, 2.24) is 0 Å². The zero-order valence-electron chi connectivity index (χ0n) is 15.5. The molecular formula is C19H28N2O3. The molecule has 0 bridgehead atoms. The fourth-order valence-corrected chi connectivity index (χ4v) is 2.38. The Morgan fingerprint density at radius 1 is 1.29 bits per heavy atom. The molecule has 1 amide bonds. The van der Waals surface area contributed by atoms with Gasteiger partial charge in [-0.2, -0.15) is 5.26 Å². The van der Waals surface area contributed by atoms with Gasteiger partial charge in [-0.25, -0.2) is 0 Å². The summed E-state index contributed by atoms with van der Waals surface area (Å²) in [6, 6.07) is 7.19. The predicted octanol–water partition coefficient (Wildman–Crippen LogP) is 3.98. The second kappa shape index (κ2) is 8.70. The summed E-state index contributed by atoms with van der Waals surface area (Å²) in [4.78, 5) is 12.6.